The zero-order valence-electron chi connectivity index (χ0n) is 15.6. The van der Waals surface area contributed by atoms with Gasteiger partial charge in [0.2, 0.25) is 0 Å². The number of carbonyl (C=O) groups excluding carboxylic acids is 1. The molecule has 154 valence electrons. The number of methoxy groups -OCH3 is 1. The molecule has 0 radical (unpaired) electrons. The van der Waals surface area contributed by atoms with E-state index in [2.05, 4.69) is 10.0 Å². The molecule has 10 nitrogen and oxygen atoms in total. The van der Waals surface area contributed by atoms with Gasteiger partial charge in [0.15, 0.2) is 5.75 Å². The Kier molecular flexibility index (Phi) is 5.87. The first-order valence-corrected chi connectivity index (χ1v) is 10.3. The van der Waals surface area contributed by atoms with Crippen LogP contribution >= 0.6 is 0 Å². The molecule has 2 aromatic rings. The average molecular weight is 420 g/mol. The largest absolute Gasteiger partial charge is 0.490 e. The highest BCUT2D eigenvalue weighted by molar-refractivity contribution is 7.92. The lowest BCUT2D eigenvalue weighted by atomic mass is 10.3. The Hall–Kier alpha value is -3.34. The van der Waals surface area contributed by atoms with Gasteiger partial charge in [-0.25, -0.2) is 13.2 Å². The van der Waals surface area contributed by atoms with E-state index in [4.69, 9.17) is 4.74 Å². The van der Waals surface area contributed by atoms with E-state index >= 15 is 0 Å². The van der Waals surface area contributed by atoms with Crippen molar-refractivity contribution >= 4 is 33.1 Å². The van der Waals surface area contributed by atoms with Crippen LogP contribution in [-0.2, 0) is 10.0 Å². The number of ether oxygens (including phenoxy) is 1. The minimum absolute atomic E-state index is 0.0489. The Morgan fingerprint density at radius 2 is 1.79 bits per heavy atom. The van der Waals surface area contributed by atoms with Crippen LogP contribution in [0, 0.1) is 10.1 Å². The monoisotopic (exact) mass is 420 g/mol. The van der Waals surface area contributed by atoms with Crippen molar-refractivity contribution in [3.8, 4) is 5.75 Å². The van der Waals surface area contributed by atoms with E-state index in [1.807, 2.05) is 0 Å². The van der Waals surface area contributed by atoms with Crippen LogP contribution in [-0.4, -0.2) is 44.5 Å². The Morgan fingerprint density at radius 1 is 1.14 bits per heavy atom. The number of carbonyl (C=O) groups is 1. The number of para-hydroxylation sites is 2. The third-order valence-electron chi connectivity index (χ3n) is 4.46. The van der Waals surface area contributed by atoms with E-state index in [0.717, 1.165) is 18.9 Å². The summed E-state index contributed by atoms with van der Waals surface area (Å²) in [4.78, 5) is 24.1. The third-order valence-corrected chi connectivity index (χ3v) is 5.83. The topological polar surface area (TPSA) is 131 Å². The van der Waals surface area contributed by atoms with E-state index in [1.165, 1.54) is 25.3 Å². The summed E-state index contributed by atoms with van der Waals surface area (Å²) in [5.41, 5.74) is -0.0273. The Morgan fingerprint density at radius 3 is 2.41 bits per heavy atom. The maximum absolute atomic E-state index is 12.8. The number of nitrogens with one attached hydrogen (secondary N) is 2. The fourth-order valence-electron chi connectivity index (χ4n) is 2.98. The average Bonchev–Trinajstić information content (AvgIpc) is 3.23. The number of hydrogen-bond acceptors (Lipinski definition) is 6. The minimum atomic E-state index is -4.15. The van der Waals surface area contributed by atoms with Crippen LogP contribution in [0.2, 0.25) is 0 Å². The number of rotatable bonds is 6. The quantitative estimate of drug-likeness (QED) is 0.545. The molecule has 0 aliphatic carbocycles. The zero-order chi connectivity index (χ0) is 21.0. The zero-order valence-corrected chi connectivity index (χ0v) is 16.4. The Labute approximate surface area is 167 Å². The summed E-state index contributed by atoms with van der Waals surface area (Å²) in [7, 11) is -2.89. The highest BCUT2D eigenvalue weighted by Gasteiger charge is 2.24. The second-order valence-electron chi connectivity index (χ2n) is 6.37. The molecule has 11 heteroatoms. The van der Waals surface area contributed by atoms with Crippen molar-refractivity contribution in [2.75, 3.05) is 30.2 Å². The highest BCUT2D eigenvalue weighted by atomic mass is 32.2. The van der Waals surface area contributed by atoms with Gasteiger partial charge >= 0.3 is 11.7 Å². The molecule has 2 amide bonds. The summed E-state index contributed by atoms with van der Waals surface area (Å²) in [5.74, 6) is -0.0489. The number of sulfonamides is 1. The van der Waals surface area contributed by atoms with Gasteiger partial charge in [0.1, 0.15) is 0 Å². The fourth-order valence-corrected chi connectivity index (χ4v) is 4.08. The van der Waals surface area contributed by atoms with E-state index < -0.39 is 20.6 Å². The highest BCUT2D eigenvalue weighted by Crippen LogP contribution is 2.31. The molecule has 1 aliphatic rings. The first kappa shape index (κ1) is 20.4. The van der Waals surface area contributed by atoms with Gasteiger partial charge in [-0.1, -0.05) is 12.1 Å². The number of amides is 2. The first-order valence-electron chi connectivity index (χ1n) is 8.82. The summed E-state index contributed by atoms with van der Waals surface area (Å²) >= 11 is 0. The predicted octanol–water partition coefficient (Wildman–Crippen LogP) is 3.03. The summed E-state index contributed by atoms with van der Waals surface area (Å²) in [6.07, 6.45) is 1.86. The standard InChI is InChI=1S/C18H20N4O6S/c1-28-17-9-8-13(12-16(17)22(24)25)29(26,27)20-15-7-3-2-6-14(15)19-18(23)21-10-4-5-11-21/h2-3,6-9,12,20H,4-5,10-11H2,1H3,(H,19,23). The Bertz CT molecular complexity index is 1030. The molecule has 1 fully saturated rings. The van der Waals surface area contributed by atoms with Gasteiger partial charge in [-0.15, -0.1) is 0 Å². The van der Waals surface area contributed by atoms with Crippen LogP contribution in [0.15, 0.2) is 47.4 Å². The second-order valence-corrected chi connectivity index (χ2v) is 8.05. The molecule has 29 heavy (non-hydrogen) atoms. The van der Waals surface area contributed by atoms with Crippen LogP contribution in [0.4, 0.5) is 21.9 Å². The van der Waals surface area contributed by atoms with Crippen LogP contribution in [0.3, 0.4) is 0 Å². The van der Waals surface area contributed by atoms with Gasteiger partial charge in [0.05, 0.1) is 28.3 Å². The molecule has 0 unspecified atom stereocenters. The molecule has 0 spiro atoms. The lowest BCUT2D eigenvalue weighted by molar-refractivity contribution is -0.386. The SMILES string of the molecule is COc1ccc(S(=O)(=O)Nc2ccccc2NC(=O)N2CCCC2)cc1[N+](=O)[O-]. The predicted molar refractivity (Wildman–Crippen MR) is 107 cm³/mol. The van der Waals surface area contributed by atoms with Crippen molar-refractivity contribution in [2.45, 2.75) is 17.7 Å². The molecule has 1 heterocycles. The molecule has 1 saturated heterocycles. The van der Waals surface area contributed by atoms with Gasteiger partial charge in [-0.2, -0.15) is 0 Å². The van der Waals surface area contributed by atoms with Crippen molar-refractivity contribution in [1.82, 2.24) is 4.90 Å². The molecule has 0 atom stereocenters. The summed E-state index contributed by atoms with van der Waals surface area (Å²) < 4.78 is 32.8. The third kappa shape index (κ3) is 4.57. The smallest absolute Gasteiger partial charge is 0.321 e. The van der Waals surface area contributed by atoms with Gasteiger partial charge in [-0.05, 0) is 37.1 Å². The first-order chi connectivity index (χ1) is 13.8. The van der Waals surface area contributed by atoms with Crippen LogP contribution in [0.1, 0.15) is 12.8 Å². The van der Waals surface area contributed by atoms with Crippen molar-refractivity contribution < 1.29 is 22.9 Å². The van der Waals surface area contributed by atoms with Crippen molar-refractivity contribution in [3.05, 3.63) is 52.6 Å². The number of nitrogens with zero attached hydrogens (tertiary/aromatic N) is 2. The van der Waals surface area contributed by atoms with Crippen molar-refractivity contribution in [3.63, 3.8) is 0 Å². The number of hydrogen-bond donors (Lipinski definition) is 2. The van der Waals surface area contributed by atoms with E-state index in [9.17, 15) is 23.3 Å². The number of nitro groups is 1. The molecular weight excluding hydrogens is 400 g/mol. The summed E-state index contributed by atoms with van der Waals surface area (Å²) in [5, 5.41) is 13.9. The lowest BCUT2D eigenvalue weighted by Gasteiger charge is -2.18. The number of likely N-dealkylation sites (tertiary alicyclic amines) is 1. The van der Waals surface area contributed by atoms with Crippen molar-refractivity contribution in [2.24, 2.45) is 0 Å². The molecule has 0 bridgehead atoms. The normalized spacial score (nSPS) is 13.8. The molecule has 2 N–H and O–H groups in total. The molecule has 2 aromatic carbocycles. The number of anilines is 2. The van der Waals surface area contributed by atoms with Crippen LogP contribution in [0.5, 0.6) is 5.75 Å². The van der Waals surface area contributed by atoms with Gasteiger partial charge in [0, 0.05) is 19.2 Å². The van der Waals surface area contributed by atoms with Crippen LogP contribution in [0.25, 0.3) is 0 Å². The maximum atomic E-state index is 12.8. The fraction of sp³-hybridized carbons (Fsp3) is 0.278. The molecule has 3 rings (SSSR count). The van der Waals surface area contributed by atoms with E-state index in [-0.39, 0.29) is 28.1 Å². The van der Waals surface area contributed by atoms with Gasteiger partial charge in [0.25, 0.3) is 10.0 Å². The summed E-state index contributed by atoms with van der Waals surface area (Å²) in [6, 6.07) is 9.38. The summed E-state index contributed by atoms with van der Waals surface area (Å²) in [6.45, 7) is 1.30. The maximum Gasteiger partial charge on any atom is 0.321 e. The van der Waals surface area contributed by atoms with Crippen molar-refractivity contribution in [1.29, 1.82) is 0 Å². The minimum Gasteiger partial charge on any atom is -0.490 e. The number of urea groups is 1. The van der Waals surface area contributed by atoms with E-state index in [0.29, 0.717) is 13.1 Å². The number of nitro benzene ring substituents is 1. The Balaban J connectivity index is 1.86. The lowest BCUT2D eigenvalue weighted by Crippen LogP contribution is -2.32. The molecular formula is C18H20N4O6S. The number of benzene rings is 2. The molecule has 0 saturated carbocycles. The van der Waals surface area contributed by atoms with Crippen LogP contribution < -0.4 is 14.8 Å². The van der Waals surface area contributed by atoms with E-state index in [1.54, 1.807) is 23.1 Å². The second kappa shape index (κ2) is 8.35. The molecule has 0 aromatic heterocycles. The van der Waals surface area contributed by atoms with Gasteiger partial charge in [-0.3, -0.25) is 14.8 Å². The van der Waals surface area contributed by atoms with Gasteiger partial charge < -0.3 is 15.0 Å². The molecule has 1 aliphatic heterocycles.